The number of anilines is 2. The molecule has 0 radical (unpaired) electrons. The number of hydrogen-bond acceptors (Lipinski definition) is 6. The first-order chi connectivity index (χ1) is 19.7. The van der Waals surface area contributed by atoms with Crippen molar-refractivity contribution in [2.45, 2.75) is 35.7 Å². The molecule has 2 N–H and O–H groups in total. The molecule has 6 rings (SSSR count). The van der Waals surface area contributed by atoms with Gasteiger partial charge in [-0.15, -0.1) is 0 Å². The van der Waals surface area contributed by atoms with Crippen LogP contribution >= 0.6 is 11.8 Å². The van der Waals surface area contributed by atoms with Crippen molar-refractivity contribution < 1.29 is 27.9 Å². The number of likely N-dealkylation sites (tertiary alicyclic amines) is 1. The summed E-state index contributed by atoms with van der Waals surface area (Å²) in [7, 11) is 0. The van der Waals surface area contributed by atoms with Gasteiger partial charge in [-0.25, -0.2) is 18.6 Å². The normalized spacial score (nSPS) is 20.9. The van der Waals surface area contributed by atoms with Crippen molar-refractivity contribution >= 4 is 41.0 Å². The van der Waals surface area contributed by atoms with Crippen molar-refractivity contribution in [3.8, 4) is 11.5 Å². The Morgan fingerprint density at radius 3 is 2.71 bits per heavy atom. The number of amides is 4. The molecule has 3 aliphatic heterocycles. The molecular formula is C29H25F2N5O4S. The Labute approximate surface area is 238 Å². The second kappa shape index (κ2) is 10.5. The third-order valence-electron chi connectivity index (χ3n) is 7.33. The highest BCUT2D eigenvalue weighted by molar-refractivity contribution is 8.01. The van der Waals surface area contributed by atoms with Crippen LogP contribution < -0.4 is 20.3 Å². The molecule has 12 heteroatoms. The molecule has 0 saturated carbocycles. The number of benzene rings is 2. The van der Waals surface area contributed by atoms with E-state index in [4.69, 9.17) is 4.74 Å². The number of rotatable bonds is 6. The molecule has 41 heavy (non-hydrogen) atoms. The first-order valence-corrected chi connectivity index (χ1v) is 13.8. The minimum atomic E-state index is -0.827. The quantitative estimate of drug-likeness (QED) is 0.411. The summed E-state index contributed by atoms with van der Waals surface area (Å²) in [5, 5.41) is 6.00. The fraction of sp³-hybridized carbons (Fsp3) is 0.241. The van der Waals surface area contributed by atoms with Crippen LogP contribution in [0.4, 0.5) is 25.0 Å². The number of hydrogen-bond donors (Lipinski definition) is 2. The molecule has 9 nitrogen and oxygen atoms in total. The number of thioether (sulfide) groups is 1. The molecule has 2 aromatic carbocycles. The topological polar surface area (TPSA) is 104 Å². The van der Waals surface area contributed by atoms with E-state index in [-0.39, 0.29) is 23.6 Å². The lowest BCUT2D eigenvalue weighted by Crippen LogP contribution is -2.50. The van der Waals surface area contributed by atoms with E-state index in [9.17, 15) is 23.2 Å². The molecule has 210 valence electrons. The number of para-hydroxylation sites is 1. The lowest BCUT2D eigenvalue weighted by molar-refractivity contribution is -0.126. The SMILES string of the molecule is C=CC(=O)N1CCC(NC(=O)[C@@H]2Sc3nccc4c3C2NC(=O)N4c2ccc(Oc3c(F)cccc3F)cc2C)C1. The standard InChI is InChI=1S/C29H25F2N5O4S/c1-3-22(37)35-12-10-16(14-35)33-27(38)26-24-23-21(9-11-32-28(23)41-26)36(29(39)34-24)20-8-7-17(13-15(20)2)40-25-18(30)5-4-6-19(25)31/h3-9,11,13,16,24,26H,1,10,12,14H2,2H3,(H,33,38)(H,34,39)/t16?,24?,26-/m1/s1. The summed E-state index contributed by atoms with van der Waals surface area (Å²) in [6.45, 7) is 6.21. The molecule has 3 aromatic rings. The molecule has 4 amide bonds. The van der Waals surface area contributed by atoms with Crippen molar-refractivity contribution in [1.29, 1.82) is 0 Å². The van der Waals surface area contributed by atoms with E-state index < -0.39 is 34.7 Å². The average molecular weight is 578 g/mol. The van der Waals surface area contributed by atoms with Crippen molar-refractivity contribution in [2.24, 2.45) is 0 Å². The first-order valence-electron chi connectivity index (χ1n) is 13.0. The highest BCUT2D eigenvalue weighted by Crippen LogP contribution is 2.51. The van der Waals surface area contributed by atoms with E-state index in [1.807, 2.05) is 0 Å². The van der Waals surface area contributed by atoms with E-state index in [0.717, 1.165) is 17.7 Å². The van der Waals surface area contributed by atoms with Gasteiger partial charge in [-0.3, -0.25) is 14.5 Å². The molecule has 3 aliphatic rings. The Hall–Kier alpha value is -4.45. The number of aryl methyl sites for hydroxylation is 1. The molecule has 1 aromatic heterocycles. The largest absolute Gasteiger partial charge is 0.451 e. The lowest BCUT2D eigenvalue weighted by atomic mass is 9.99. The number of nitrogens with one attached hydrogen (secondary N) is 2. The number of urea groups is 1. The van der Waals surface area contributed by atoms with Gasteiger partial charge in [-0.2, -0.15) is 0 Å². The number of pyridine rings is 1. The van der Waals surface area contributed by atoms with Gasteiger partial charge in [-0.05, 0) is 61.4 Å². The fourth-order valence-corrected chi connectivity index (χ4v) is 6.63. The second-order valence-electron chi connectivity index (χ2n) is 9.93. The summed E-state index contributed by atoms with van der Waals surface area (Å²) >= 11 is 1.28. The zero-order chi connectivity index (χ0) is 28.8. The molecule has 2 unspecified atom stereocenters. The predicted octanol–water partition coefficient (Wildman–Crippen LogP) is 4.74. The third-order valence-corrected chi connectivity index (χ3v) is 8.62. The van der Waals surface area contributed by atoms with Crippen LogP contribution in [0, 0.1) is 18.6 Å². The highest BCUT2D eigenvalue weighted by Gasteiger charge is 2.47. The van der Waals surface area contributed by atoms with E-state index in [1.165, 1.54) is 34.9 Å². The zero-order valence-electron chi connectivity index (χ0n) is 21.9. The van der Waals surface area contributed by atoms with Gasteiger partial charge in [0.2, 0.25) is 11.8 Å². The van der Waals surface area contributed by atoms with Crippen LogP contribution in [0.3, 0.4) is 0 Å². The maximum atomic E-state index is 14.1. The molecule has 0 spiro atoms. The number of carbonyl (C=O) groups is 3. The average Bonchev–Trinajstić information content (AvgIpc) is 3.57. The van der Waals surface area contributed by atoms with Crippen molar-refractivity contribution in [1.82, 2.24) is 20.5 Å². The van der Waals surface area contributed by atoms with Gasteiger partial charge >= 0.3 is 6.03 Å². The first kappa shape index (κ1) is 26.8. The molecular weight excluding hydrogens is 552 g/mol. The van der Waals surface area contributed by atoms with Gasteiger partial charge in [-0.1, -0.05) is 24.4 Å². The van der Waals surface area contributed by atoms with Crippen LogP contribution in [0.5, 0.6) is 11.5 Å². The molecule has 4 heterocycles. The number of ether oxygens (including phenoxy) is 1. The smallest absolute Gasteiger partial charge is 0.327 e. The summed E-state index contributed by atoms with van der Waals surface area (Å²) < 4.78 is 33.6. The van der Waals surface area contributed by atoms with Crippen LogP contribution in [-0.2, 0) is 9.59 Å². The Morgan fingerprint density at radius 2 is 1.98 bits per heavy atom. The minimum absolute atomic E-state index is 0.174. The van der Waals surface area contributed by atoms with Gasteiger partial charge in [0.15, 0.2) is 17.4 Å². The Bertz CT molecular complexity index is 1580. The minimum Gasteiger partial charge on any atom is -0.451 e. The van der Waals surface area contributed by atoms with Crippen molar-refractivity contribution in [2.75, 3.05) is 18.0 Å². The van der Waals surface area contributed by atoms with Gasteiger partial charge < -0.3 is 20.3 Å². The third kappa shape index (κ3) is 4.77. The van der Waals surface area contributed by atoms with E-state index in [2.05, 4.69) is 22.2 Å². The summed E-state index contributed by atoms with van der Waals surface area (Å²) in [5.74, 6) is -2.37. The summed E-state index contributed by atoms with van der Waals surface area (Å²) in [6.07, 6.45) is 3.48. The van der Waals surface area contributed by atoms with Crippen LogP contribution in [0.25, 0.3) is 0 Å². The predicted molar refractivity (Wildman–Crippen MR) is 148 cm³/mol. The zero-order valence-corrected chi connectivity index (χ0v) is 22.7. The van der Waals surface area contributed by atoms with E-state index in [0.29, 0.717) is 41.5 Å². The van der Waals surface area contributed by atoms with E-state index in [1.54, 1.807) is 36.2 Å². The Balaban J connectivity index is 1.24. The second-order valence-corrected chi connectivity index (χ2v) is 11.1. The van der Waals surface area contributed by atoms with Crippen LogP contribution in [0.1, 0.15) is 23.6 Å². The van der Waals surface area contributed by atoms with Gasteiger partial charge in [0.1, 0.15) is 16.0 Å². The number of carbonyl (C=O) groups excluding carboxylic acids is 3. The number of nitrogens with zero attached hydrogens (tertiary/aromatic N) is 3. The van der Waals surface area contributed by atoms with Crippen LogP contribution in [0.15, 0.2) is 66.3 Å². The van der Waals surface area contributed by atoms with Crippen molar-refractivity contribution in [3.05, 3.63) is 84.1 Å². The Kier molecular flexibility index (Phi) is 6.86. The number of halogens is 2. The molecule has 0 bridgehead atoms. The molecule has 1 saturated heterocycles. The monoisotopic (exact) mass is 577 g/mol. The van der Waals surface area contributed by atoms with Crippen molar-refractivity contribution in [3.63, 3.8) is 0 Å². The van der Waals surface area contributed by atoms with Gasteiger partial charge in [0, 0.05) is 30.9 Å². The summed E-state index contributed by atoms with van der Waals surface area (Å²) in [6, 6.07) is 8.73. The maximum absolute atomic E-state index is 14.1. The Morgan fingerprint density at radius 1 is 1.20 bits per heavy atom. The van der Waals surface area contributed by atoms with Gasteiger partial charge in [0.05, 0.1) is 17.4 Å². The maximum Gasteiger partial charge on any atom is 0.327 e. The lowest BCUT2D eigenvalue weighted by Gasteiger charge is -2.35. The molecule has 3 atom stereocenters. The van der Waals surface area contributed by atoms with E-state index >= 15 is 0 Å². The van der Waals surface area contributed by atoms with Crippen LogP contribution in [-0.4, -0.2) is 52.1 Å². The van der Waals surface area contributed by atoms with Crippen LogP contribution in [0.2, 0.25) is 0 Å². The summed E-state index contributed by atoms with van der Waals surface area (Å²) in [5.41, 5.74) is 2.48. The summed E-state index contributed by atoms with van der Waals surface area (Å²) in [4.78, 5) is 46.4. The highest BCUT2D eigenvalue weighted by atomic mass is 32.2. The number of aromatic nitrogens is 1. The fourth-order valence-electron chi connectivity index (χ4n) is 5.40. The van der Waals surface area contributed by atoms with Gasteiger partial charge in [0.25, 0.3) is 0 Å². The molecule has 1 fully saturated rings. The molecule has 0 aliphatic carbocycles.